The van der Waals surface area contributed by atoms with Crippen molar-refractivity contribution in [3.8, 4) is 39.6 Å². The van der Waals surface area contributed by atoms with Crippen LogP contribution in [0.25, 0.3) is 49.9 Å². The number of hydrogen-bond acceptors (Lipinski definition) is 4. The largest absolute Gasteiger partial charge is 0.509 e. The van der Waals surface area contributed by atoms with E-state index in [1.165, 1.54) is 0 Å². The van der Waals surface area contributed by atoms with E-state index in [1.807, 2.05) is 105 Å². The van der Waals surface area contributed by atoms with Gasteiger partial charge in [-0.05, 0) is 97.3 Å². The Morgan fingerprint density at radius 2 is 1.04 bits per heavy atom. The molecule has 0 N–H and O–H groups in total. The molecule has 388 valence electrons. The van der Waals surface area contributed by atoms with Gasteiger partial charge in [0.15, 0.2) is 23.3 Å². The maximum atomic E-state index is 16.5. The number of benzene rings is 7. The van der Waals surface area contributed by atoms with Crippen LogP contribution in [0.5, 0.6) is 11.5 Å². The minimum absolute atomic E-state index is 0. The number of aromatic nitrogens is 2. The van der Waals surface area contributed by atoms with E-state index in [4.69, 9.17) is 9.72 Å². The fourth-order valence-corrected chi connectivity index (χ4v) is 9.64. The Hall–Kier alpha value is -6.77. The second kappa shape index (κ2) is 19.1. The summed E-state index contributed by atoms with van der Waals surface area (Å²) in [6, 6.07) is 46.0. The van der Waals surface area contributed by atoms with E-state index in [9.17, 15) is 4.39 Å². The smallest absolute Gasteiger partial charge is 0.200 e. The first kappa shape index (κ1) is 53.1. The Kier molecular flexibility index (Phi) is 13.5. The van der Waals surface area contributed by atoms with E-state index in [0.717, 1.165) is 44.3 Å². The van der Waals surface area contributed by atoms with Crippen LogP contribution in [0, 0.1) is 47.9 Å². The van der Waals surface area contributed by atoms with Crippen molar-refractivity contribution in [1.29, 1.82) is 0 Å². The van der Waals surface area contributed by atoms with Crippen molar-refractivity contribution in [2.45, 2.75) is 105 Å². The van der Waals surface area contributed by atoms with Crippen LogP contribution in [0.3, 0.4) is 0 Å². The monoisotopic (exact) mass is 1190 g/mol. The minimum atomic E-state index is -2.23. The van der Waals surface area contributed by atoms with Crippen molar-refractivity contribution in [3.05, 3.63) is 198 Å². The summed E-state index contributed by atoms with van der Waals surface area (Å²) in [5, 5.41) is 2.03. The molecular formula is C64H58F5N4OPt-3. The zero-order valence-corrected chi connectivity index (χ0v) is 46.4. The molecule has 0 aliphatic carbocycles. The Labute approximate surface area is 451 Å². The molecule has 0 bridgehead atoms. The second-order valence-electron chi connectivity index (χ2n) is 23.4. The molecule has 0 fully saturated rings. The zero-order chi connectivity index (χ0) is 53.0. The first-order valence-corrected chi connectivity index (χ1v) is 24.8. The van der Waals surface area contributed by atoms with Crippen molar-refractivity contribution in [2.75, 3.05) is 9.80 Å². The average Bonchev–Trinajstić information content (AvgIpc) is 3.90. The number of para-hydroxylation sites is 3. The van der Waals surface area contributed by atoms with Crippen LogP contribution in [0.4, 0.5) is 44.7 Å². The summed E-state index contributed by atoms with van der Waals surface area (Å²) in [4.78, 5) is 8.46. The van der Waals surface area contributed by atoms with Crippen LogP contribution in [-0.2, 0) is 42.7 Å². The molecule has 10 rings (SSSR count). The van der Waals surface area contributed by atoms with Crippen molar-refractivity contribution < 1.29 is 47.8 Å². The number of hydrogen-bond donors (Lipinski definition) is 0. The molecule has 7 aromatic carbocycles. The van der Waals surface area contributed by atoms with E-state index >= 15 is 17.6 Å². The Morgan fingerprint density at radius 3 is 1.67 bits per heavy atom. The second-order valence-corrected chi connectivity index (χ2v) is 23.4. The first-order chi connectivity index (χ1) is 34.8. The van der Waals surface area contributed by atoms with Crippen molar-refractivity contribution >= 4 is 44.6 Å². The molecule has 2 aromatic heterocycles. The van der Waals surface area contributed by atoms with Gasteiger partial charge >= 0.3 is 0 Å². The SMILES string of the molecule is CC(C)(C)c1cc(-c2cc(C(C)(C)C)cc(-c3c(F)c(F)c(F)c(F)c3F)c2N2[CH-]N(c3[c-]c(Oc4[c-]c5c(cc4)c4ccccc4n5-c4cc(C(C)(C)C)ccn4)ccc3)c3ccccc32)cc(C(C)(C)C)c1.[Pt]. The van der Waals surface area contributed by atoms with Gasteiger partial charge in [0.05, 0.1) is 5.56 Å². The van der Waals surface area contributed by atoms with Crippen molar-refractivity contribution in [3.63, 3.8) is 0 Å². The zero-order valence-electron chi connectivity index (χ0n) is 44.1. The minimum Gasteiger partial charge on any atom is -0.509 e. The molecule has 0 amide bonds. The number of nitrogens with zero attached hydrogens (tertiary/aromatic N) is 4. The van der Waals surface area contributed by atoms with E-state index in [2.05, 4.69) is 115 Å². The van der Waals surface area contributed by atoms with Gasteiger partial charge in [-0.15, -0.1) is 48.1 Å². The molecule has 0 spiro atoms. The molecule has 75 heavy (non-hydrogen) atoms. The molecule has 0 atom stereocenters. The fraction of sp³-hybridized carbons (Fsp3) is 0.250. The van der Waals surface area contributed by atoms with Crippen LogP contribution >= 0.6 is 0 Å². The summed E-state index contributed by atoms with van der Waals surface area (Å²) in [7, 11) is 0. The molecular weight excluding hydrogens is 1130 g/mol. The van der Waals surface area contributed by atoms with Gasteiger partial charge in [-0.3, -0.25) is 0 Å². The quantitative estimate of drug-likeness (QED) is 0.0689. The summed E-state index contributed by atoms with van der Waals surface area (Å²) in [5.74, 6) is -8.55. The van der Waals surface area contributed by atoms with E-state index in [1.54, 1.807) is 23.7 Å². The number of halogens is 5. The molecule has 0 radical (unpaired) electrons. The van der Waals surface area contributed by atoms with E-state index in [0.29, 0.717) is 45.3 Å². The average molecular weight is 1190 g/mol. The molecule has 3 heterocycles. The summed E-state index contributed by atoms with van der Waals surface area (Å²) in [6.45, 7) is 26.8. The summed E-state index contributed by atoms with van der Waals surface area (Å²) in [6.07, 6.45) is 1.83. The van der Waals surface area contributed by atoms with Gasteiger partial charge in [0.1, 0.15) is 5.82 Å². The molecule has 0 saturated heterocycles. The maximum Gasteiger partial charge on any atom is 0.200 e. The predicted octanol–water partition coefficient (Wildman–Crippen LogP) is 18.2. The fourth-order valence-electron chi connectivity index (χ4n) is 9.64. The Bertz CT molecular complexity index is 3640. The van der Waals surface area contributed by atoms with Gasteiger partial charge in [-0.25, -0.2) is 26.9 Å². The van der Waals surface area contributed by atoms with Gasteiger partial charge in [-0.1, -0.05) is 137 Å². The summed E-state index contributed by atoms with van der Waals surface area (Å²) < 4.78 is 87.7. The third-order valence-corrected chi connectivity index (χ3v) is 13.9. The molecule has 1 aliphatic rings. The Balaban J connectivity index is 0.00000689. The predicted molar refractivity (Wildman–Crippen MR) is 290 cm³/mol. The number of rotatable bonds is 7. The molecule has 1 aliphatic heterocycles. The number of anilines is 4. The van der Waals surface area contributed by atoms with E-state index in [-0.39, 0.29) is 48.6 Å². The summed E-state index contributed by atoms with van der Waals surface area (Å²) in [5.41, 5.74) is 6.21. The van der Waals surface area contributed by atoms with Gasteiger partial charge in [-0.2, -0.15) is 12.1 Å². The third-order valence-electron chi connectivity index (χ3n) is 13.9. The van der Waals surface area contributed by atoms with Crippen molar-refractivity contribution in [2.24, 2.45) is 0 Å². The maximum absolute atomic E-state index is 16.5. The van der Waals surface area contributed by atoms with Crippen LogP contribution < -0.4 is 14.5 Å². The molecule has 9 aromatic rings. The standard InChI is InChI=1S/C64H58F5N4O.Pt/c1-61(2,3)38-26-27-70-53(33-38)73-49-21-14-13-20-45(49)46-25-24-44(35-52(46)73)74-43-19-17-18-42(34-43)71-36-72(51-23-16-15-22-50(51)71)60-47(37-28-39(62(4,5)6)30-40(29-37)63(7,8)9)31-41(64(10,11)12)32-48(60)54-55(65)57(67)59(69)58(68)56(54)66;/h13-33,36H,1-12H3;/q-3;. The molecule has 0 unspecified atom stereocenters. The summed E-state index contributed by atoms with van der Waals surface area (Å²) >= 11 is 0. The van der Waals surface area contributed by atoms with Crippen LogP contribution in [0.15, 0.2) is 128 Å². The molecule has 11 heteroatoms. The normalized spacial score (nSPS) is 13.2. The van der Waals surface area contributed by atoms with Crippen LogP contribution in [0.2, 0.25) is 0 Å². The number of ether oxygens (including phenoxy) is 1. The van der Waals surface area contributed by atoms with Crippen molar-refractivity contribution in [1.82, 2.24) is 9.55 Å². The number of pyridine rings is 1. The first-order valence-electron chi connectivity index (χ1n) is 24.8. The van der Waals surface area contributed by atoms with Gasteiger partial charge in [0.25, 0.3) is 0 Å². The van der Waals surface area contributed by atoms with Gasteiger partial charge < -0.3 is 19.1 Å². The van der Waals surface area contributed by atoms with Gasteiger partial charge in [0.2, 0.25) is 5.82 Å². The number of fused-ring (bicyclic) bond motifs is 4. The van der Waals surface area contributed by atoms with E-state index < -0.39 is 40.1 Å². The topological polar surface area (TPSA) is 33.5 Å². The third kappa shape index (κ3) is 9.64. The molecule has 0 saturated carbocycles. The Morgan fingerprint density at radius 1 is 0.493 bits per heavy atom. The van der Waals surface area contributed by atoms with Gasteiger partial charge in [0, 0.05) is 72.5 Å². The van der Waals surface area contributed by atoms with Crippen LogP contribution in [-0.4, -0.2) is 9.55 Å². The molecule has 5 nitrogen and oxygen atoms in total. The van der Waals surface area contributed by atoms with Crippen LogP contribution in [0.1, 0.15) is 105 Å².